The van der Waals surface area contributed by atoms with Gasteiger partial charge in [0.05, 0.1) is 5.02 Å². The third-order valence-electron chi connectivity index (χ3n) is 3.57. The summed E-state index contributed by atoms with van der Waals surface area (Å²) in [7, 11) is 0. The van der Waals surface area contributed by atoms with Crippen molar-refractivity contribution in [2.45, 2.75) is 44.6 Å². The third-order valence-corrected chi connectivity index (χ3v) is 5.06. The van der Waals surface area contributed by atoms with Crippen LogP contribution >= 0.6 is 22.9 Å². The van der Waals surface area contributed by atoms with E-state index in [4.69, 9.17) is 17.3 Å². The summed E-state index contributed by atoms with van der Waals surface area (Å²) in [4.78, 5) is 1.31. The molecular formula is C12H18ClNS. The zero-order valence-electron chi connectivity index (χ0n) is 9.08. The van der Waals surface area contributed by atoms with E-state index in [0.29, 0.717) is 12.0 Å². The van der Waals surface area contributed by atoms with Crippen molar-refractivity contribution in [1.29, 1.82) is 0 Å². The monoisotopic (exact) mass is 243 g/mol. The summed E-state index contributed by atoms with van der Waals surface area (Å²) in [6, 6.07) is 2.30. The van der Waals surface area contributed by atoms with Crippen molar-refractivity contribution in [2.75, 3.05) is 0 Å². The molecule has 2 rings (SSSR count). The lowest BCUT2D eigenvalue weighted by Gasteiger charge is -2.33. The molecule has 1 saturated carbocycles. The Balaban J connectivity index is 2.16. The molecule has 15 heavy (non-hydrogen) atoms. The van der Waals surface area contributed by atoms with Crippen LogP contribution in [0.15, 0.2) is 11.4 Å². The highest BCUT2D eigenvalue weighted by molar-refractivity contribution is 7.10. The number of rotatable bonds is 2. The highest BCUT2D eigenvalue weighted by Crippen LogP contribution is 2.41. The van der Waals surface area contributed by atoms with Gasteiger partial charge in [-0.15, -0.1) is 11.3 Å². The van der Waals surface area contributed by atoms with E-state index >= 15 is 0 Å². The molecule has 0 bridgehead atoms. The van der Waals surface area contributed by atoms with Gasteiger partial charge in [0, 0.05) is 16.8 Å². The van der Waals surface area contributed by atoms with E-state index in [1.165, 1.54) is 24.1 Å². The maximum absolute atomic E-state index is 6.20. The van der Waals surface area contributed by atoms with Gasteiger partial charge in [0.25, 0.3) is 0 Å². The van der Waals surface area contributed by atoms with Gasteiger partial charge < -0.3 is 5.73 Å². The van der Waals surface area contributed by atoms with E-state index in [-0.39, 0.29) is 0 Å². The Morgan fingerprint density at radius 1 is 1.53 bits per heavy atom. The van der Waals surface area contributed by atoms with Gasteiger partial charge >= 0.3 is 0 Å². The predicted octanol–water partition coefficient (Wildman–Crippen LogP) is 4.02. The molecule has 0 amide bonds. The summed E-state index contributed by atoms with van der Waals surface area (Å²) in [6.45, 7) is 2.27. The lowest BCUT2D eigenvalue weighted by Crippen LogP contribution is -2.34. The number of hydrogen-bond acceptors (Lipinski definition) is 2. The molecule has 3 heteroatoms. The average Bonchev–Trinajstić information content (AvgIpc) is 2.65. The molecule has 0 aromatic carbocycles. The van der Waals surface area contributed by atoms with E-state index in [2.05, 4.69) is 12.3 Å². The Morgan fingerprint density at radius 2 is 2.33 bits per heavy atom. The van der Waals surface area contributed by atoms with Crippen LogP contribution in [0.4, 0.5) is 0 Å². The molecule has 0 saturated heterocycles. The Hall–Kier alpha value is -0.0500. The molecule has 0 aliphatic heterocycles. The smallest absolute Gasteiger partial charge is 0.0548 e. The van der Waals surface area contributed by atoms with Crippen LogP contribution in [0.3, 0.4) is 0 Å². The van der Waals surface area contributed by atoms with Crippen LogP contribution in [0.5, 0.6) is 0 Å². The van der Waals surface area contributed by atoms with Gasteiger partial charge in [0.2, 0.25) is 0 Å². The van der Waals surface area contributed by atoms with Gasteiger partial charge in [0.1, 0.15) is 0 Å². The van der Waals surface area contributed by atoms with Crippen LogP contribution in [0.1, 0.15) is 43.4 Å². The molecule has 1 aliphatic carbocycles. The summed E-state index contributed by atoms with van der Waals surface area (Å²) in [5.41, 5.74) is 6.20. The maximum atomic E-state index is 6.20. The number of halogens is 1. The van der Waals surface area contributed by atoms with Gasteiger partial charge in [-0.05, 0) is 36.6 Å². The van der Waals surface area contributed by atoms with Crippen LogP contribution in [0.25, 0.3) is 0 Å². The second kappa shape index (κ2) is 4.86. The molecule has 1 fully saturated rings. The van der Waals surface area contributed by atoms with Crippen LogP contribution in [0, 0.1) is 5.92 Å². The molecule has 1 aromatic rings. The van der Waals surface area contributed by atoms with Gasteiger partial charge in [-0.25, -0.2) is 0 Å². The number of hydrogen-bond donors (Lipinski definition) is 1. The third kappa shape index (κ3) is 2.38. The molecular weight excluding hydrogens is 226 g/mol. The molecule has 1 aromatic heterocycles. The lowest BCUT2D eigenvalue weighted by molar-refractivity contribution is 0.285. The Bertz CT molecular complexity index is 323. The molecule has 1 heterocycles. The van der Waals surface area contributed by atoms with Gasteiger partial charge in [0.15, 0.2) is 0 Å². The van der Waals surface area contributed by atoms with Crippen molar-refractivity contribution in [3.8, 4) is 0 Å². The number of thiophene rings is 1. The van der Waals surface area contributed by atoms with E-state index in [9.17, 15) is 0 Å². The molecule has 2 N–H and O–H groups in total. The van der Waals surface area contributed by atoms with Crippen molar-refractivity contribution in [3.63, 3.8) is 0 Å². The fourth-order valence-electron chi connectivity index (χ4n) is 2.52. The largest absolute Gasteiger partial charge is 0.327 e. The van der Waals surface area contributed by atoms with Gasteiger partial charge in [-0.3, -0.25) is 0 Å². The highest BCUT2D eigenvalue weighted by atomic mass is 35.5. The highest BCUT2D eigenvalue weighted by Gasteiger charge is 2.30. The van der Waals surface area contributed by atoms with Gasteiger partial charge in [-0.1, -0.05) is 24.9 Å². The van der Waals surface area contributed by atoms with E-state index < -0.39 is 0 Å². The fourth-order valence-corrected chi connectivity index (χ4v) is 3.91. The minimum absolute atomic E-state index is 0.309. The first-order valence-electron chi connectivity index (χ1n) is 5.70. The first-order valence-corrected chi connectivity index (χ1v) is 6.96. The topological polar surface area (TPSA) is 26.0 Å². The average molecular weight is 244 g/mol. The second-order valence-electron chi connectivity index (χ2n) is 4.49. The molecule has 3 atom stereocenters. The standard InChI is InChI=1S/C12H18ClNS/c1-2-8-3-4-11(14)9(7-8)12-10(13)5-6-15-12/h5-6,8-9,11H,2-4,7,14H2,1H3. The lowest BCUT2D eigenvalue weighted by atomic mass is 9.76. The maximum Gasteiger partial charge on any atom is 0.0548 e. The summed E-state index contributed by atoms with van der Waals surface area (Å²) >= 11 is 7.94. The zero-order valence-corrected chi connectivity index (χ0v) is 10.7. The Morgan fingerprint density at radius 3 is 2.93 bits per heavy atom. The molecule has 0 spiro atoms. The minimum atomic E-state index is 0.309. The summed E-state index contributed by atoms with van der Waals surface area (Å²) < 4.78 is 0. The molecule has 0 radical (unpaired) electrons. The van der Waals surface area contributed by atoms with E-state index in [1.54, 1.807) is 11.3 Å². The molecule has 1 aliphatic rings. The first kappa shape index (κ1) is 11.4. The Labute approximate surface area is 101 Å². The van der Waals surface area contributed by atoms with Crippen molar-refractivity contribution >= 4 is 22.9 Å². The quantitative estimate of drug-likeness (QED) is 0.834. The van der Waals surface area contributed by atoms with Crippen LogP contribution in [-0.2, 0) is 0 Å². The van der Waals surface area contributed by atoms with Crippen LogP contribution in [-0.4, -0.2) is 6.04 Å². The van der Waals surface area contributed by atoms with E-state index in [1.807, 2.05) is 6.07 Å². The SMILES string of the molecule is CCC1CCC(N)C(c2sccc2Cl)C1. The van der Waals surface area contributed by atoms with Crippen LogP contribution < -0.4 is 5.73 Å². The zero-order chi connectivity index (χ0) is 10.8. The summed E-state index contributed by atoms with van der Waals surface area (Å²) in [6.07, 6.45) is 4.93. The van der Waals surface area contributed by atoms with E-state index in [0.717, 1.165) is 17.4 Å². The summed E-state index contributed by atoms with van der Waals surface area (Å²) in [5, 5.41) is 2.98. The summed E-state index contributed by atoms with van der Waals surface area (Å²) in [5.74, 6) is 1.34. The number of nitrogens with two attached hydrogens (primary N) is 1. The fraction of sp³-hybridized carbons (Fsp3) is 0.667. The Kier molecular flexibility index (Phi) is 3.70. The van der Waals surface area contributed by atoms with Crippen molar-refractivity contribution < 1.29 is 0 Å². The van der Waals surface area contributed by atoms with Crippen molar-refractivity contribution in [3.05, 3.63) is 21.3 Å². The predicted molar refractivity (Wildman–Crippen MR) is 67.7 cm³/mol. The molecule has 1 nitrogen and oxygen atoms in total. The second-order valence-corrected chi connectivity index (χ2v) is 5.85. The normalized spacial score (nSPS) is 31.8. The minimum Gasteiger partial charge on any atom is -0.327 e. The molecule has 84 valence electrons. The van der Waals surface area contributed by atoms with Gasteiger partial charge in [-0.2, -0.15) is 0 Å². The molecule has 3 unspecified atom stereocenters. The van der Waals surface area contributed by atoms with Crippen LogP contribution in [0.2, 0.25) is 5.02 Å². The van der Waals surface area contributed by atoms with Crippen molar-refractivity contribution in [2.24, 2.45) is 11.7 Å². The first-order chi connectivity index (χ1) is 7.22. The van der Waals surface area contributed by atoms with Crippen molar-refractivity contribution in [1.82, 2.24) is 0 Å².